The highest BCUT2D eigenvalue weighted by Crippen LogP contribution is 2.26. The summed E-state index contributed by atoms with van der Waals surface area (Å²) in [6.07, 6.45) is 1.74. The summed E-state index contributed by atoms with van der Waals surface area (Å²) in [6, 6.07) is 13.9. The van der Waals surface area contributed by atoms with Crippen molar-refractivity contribution in [2.24, 2.45) is 7.05 Å². The van der Waals surface area contributed by atoms with Gasteiger partial charge in [0.2, 0.25) is 15.9 Å². The zero-order valence-electron chi connectivity index (χ0n) is 18.4. The van der Waals surface area contributed by atoms with Crippen molar-refractivity contribution in [3.05, 3.63) is 48.5 Å². The number of nitrogens with zero attached hydrogens (tertiary/aromatic N) is 4. The smallest absolute Gasteiger partial charge is 0.243 e. The Bertz CT molecular complexity index is 1240. The maximum Gasteiger partial charge on any atom is 0.243 e. The molecule has 0 atom stereocenters. The minimum Gasteiger partial charge on any atom is -0.497 e. The molecular formula is C22H25N5O4S2. The molecule has 1 aliphatic heterocycles. The van der Waals surface area contributed by atoms with Gasteiger partial charge in [-0.1, -0.05) is 17.8 Å². The van der Waals surface area contributed by atoms with Gasteiger partial charge in [-0.15, -0.1) is 10.2 Å². The third kappa shape index (κ3) is 5.21. The minimum atomic E-state index is -3.54. The first-order valence-corrected chi connectivity index (χ1v) is 12.9. The summed E-state index contributed by atoms with van der Waals surface area (Å²) in [7, 11) is -0.0879. The highest BCUT2D eigenvalue weighted by Gasteiger charge is 2.27. The number of hydrogen-bond acceptors (Lipinski definition) is 7. The van der Waals surface area contributed by atoms with E-state index in [1.54, 1.807) is 25.3 Å². The number of thioether (sulfide) groups is 1. The molecule has 1 fully saturated rings. The van der Waals surface area contributed by atoms with Crippen molar-refractivity contribution in [3.8, 4) is 17.1 Å². The lowest BCUT2D eigenvalue weighted by molar-refractivity contribution is -0.113. The van der Waals surface area contributed by atoms with Gasteiger partial charge < -0.3 is 14.6 Å². The fourth-order valence-corrected chi connectivity index (χ4v) is 5.85. The van der Waals surface area contributed by atoms with Crippen LogP contribution < -0.4 is 10.1 Å². The van der Waals surface area contributed by atoms with E-state index in [1.165, 1.54) is 22.1 Å². The van der Waals surface area contributed by atoms with Crippen LogP contribution in [-0.2, 0) is 21.9 Å². The fraction of sp³-hybridized carbons (Fsp3) is 0.318. The van der Waals surface area contributed by atoms with Crippen LogP contribution in [0.3, 0.4) is 0 Å². The second kappa shape index (κ2) is 9.94. The van der Waals surface area contributed by atoms with Gasteiger partial charge in [0.25, 0.3) is 0 Å². The van der Waals surface area contributed by atoms with E-state index in [9.17, 15) is 13.2 Å². The Kier molecular flexibility index (Phi) is 7.01. The Labute approximate surface area is 197 Å². The number of rotatable bonds is 8. The average Bonchev–Trinajstić information content (AvgIpc) is 3.49. The second-order valence-electron chi connectivity index (χ2n) is 7.57. The number of amides is 1. The van der Waals surface area contributed by atoms with Gasteiger partial charge in [0, 0.05) is 31.4 Å². The van der Waals surface area contributed by atoms with Crippen LogP contribution in [0.5, 0.6) is 5.75 Å². The van der Waals surface area contributed by atoms with Crippen molar-refractivity contribution in [2.75, 3.05) is 31.3 Å². The highest BCUT2D eigenvalue weighted by molar-refractivity contribution is 7.99. The number of sulfonamides is 1. The largest absolute Gasteiger partial charge is 0.497 e. The Morgan fingerprint density at radius 1 is 1.12 bits per heavy atom. The van der Waals surface area contributed by atoms with Crippen molar-refractivity contribution in [2.45, 2.75) is 22.9 Å². The maximum absolute atomic E-state index is 12.8. The first-order valence-electron chi connectivity index (χ1n) is 10.4. The van der Waals surface area contributed by atoms with Crippen molar-refractivity contribution in [1.29, 1.82) is 0 Å². The molecule has 3 aromatic rings. The van der Waals surface area contributed by atoms with Crippen LogP contribution in [0, 0.1) is 0 Å². The number of carbonyl (C=O) groups is 1. The van der Waals surface area contributed by atoms with Crippen molar-refractivity contribution in [1.82, 2.24) is 19.1 Å². The highest BCUT2D eigenvalue weighted by atomic mass is 32.2. The monoisotopic (exact) mass is 487 g/mol. The number of aromatic nitrogens is 3. The molecule has 9 nitrogen and oxygen atoms in total. The number of anilines is 1. The molecule has 11 heteroatoms. The molecule has 1 aliphatic rings. The van der Waals surface area contributed by atoms with Crippen molar-refractivity contribution < 1.29 is 17.9 Å². The molecule has 1 N–H and O–H groups in total. The summed E-state index contributed by atoms with van der Waals surface area (Å²) in [6.45, 7) is 1.07. The SMILES string of the molecule is COc1ccc(-c2nnc(SCC(=O)Nc3cccc(S(=O)(=O)N4CCCC4)c3)n2C)cc1. The Morgan fingerprint density at radius 2 is 1.85 bits per heavy atom. The Hall–Kier alpha value is -2.89. The van der Waals surface area contributed by atoms with Gasteiger partial charge in [-0.2, -0.15) is 4.31 Å². The maximum atomic E-state index is 12.8. The number of methoxy groups -OCH3 is 1. The van der Waals surface area contributed by atoms with Gasteiger partial charge in [0.05, 0.1) is 17.8 Å². The second-order valence-corrected chi connectivity index (χ2v) is 10.5. The lowest BCUT2D eigenvalue weighted by Gasteiger charge is -2.16. The molecule has 1 aromatic heterocycles. The molecule has 0 aliphatic carbocycles. The van der Waals surface area contributed by atoms with E-state index in [0.717, 1.165) is 24.2 Å². The molecule has 0 spiro atoms. The van der Waals surface area contributed by atoms with E-state index in [2.05, 4.69) is 15.5 Å². The first kappa shape index (κ1) is 23.3. The van der Waals surface area contributed by atoms with Crippen LogP contribution in [-0.4, -0.2) is 59.3 Å². The van der Waals surface area contributed by atoms with Gasteiger partial charge in [-0.3, -0.25) is 4.79 Å². The minimum absolute atomic E-state index is 0.109. The van der Waals surface area contributed by atoms with Crippen LogP contribution in [0.4, 0.5) is 5.69 Å². The normalized spacial score (nSPS) is 14.4. The molecule has 0 unspecified atom stereocenters. The number of hydrogen-bond donors (Lipinski definition) is 1. The third-order valence-electron chi connectivity index (χ3n) is 5.34. The molecule has 4 rings (SSSR count). The molecule has 2 heterocycles. The van der Waals surface area contributed by atoms with Crippen LogP contribution in [0.15, 0.2) is 58.6 Å². The lowest BCUT2D eigenvalue weighted by atomic mass is 10.2. The third-order valence-corrected chi connectivity index (χ3v) is 8.25. The van der Waals surface area contributed by atoms with Crippen molar-refractivity contribution in [3.63, 3.8) is 0 Å². The summed E-state index contributed by atoms with van der Waals surface area (Å²) in [5.41, 5.74) is 1.33. The fourth-order valence-electron chi connectivity index (χ4n) is 3.57. The predicted octanol–water partition coefficient (Wildman–Crippen LogP) is 3.01. The van der Waals surface area contributed by atoms with Crippen LogP contribution in [0.2, 0.25) is 0 Å². The molecule has 174 valence electrons. The summed E-state index contributed by atoms with van der Waals surface area (Å²) in [5.74, 6) is 1.28. The topological polar surface area (TPSA) is 106 Å². The molecule has 0 radical (unpaired) electrons. The van der Waals surface area contributed by atoms with E-state index in [4.69, 9.17) is 4.74 Å². The van der Waals surface area contributed by atoms with Crippen LogP contribution in [0.1, 0.15) is 12.8 Å². The molecule has 1 saturated heterocycles. The summed E-state index contributed by atoms with van der Waals surface area (Å²) >= 11 is 1.25. The predicted molar refractivity (Wildman–Crippen MR) is 127 cm³/mol. The van der Waals surface area contributed by atoms with E-state index in [1.807, 2.05) is 35.9 Å². The number of nitrogens with one attached hydrogen (secondary N) is 1. The van der Waals surface area contributed by atoms with E-state index >= 15 is 0 Å². The van der Waals surface area contributed by atoms with Gasteiger partial charge in [0.1, 0.15) is 5.75 Å². The van der Waals surface area contributed by atoms with Gasteiger partial charge in [0.15, 0.2) is 11.0 Å². The lowest BCUT2D eigenvalue weighted by Crippen LogP contribution is -2.28. The Balaban J connectivity index is 1.39. The molecule has 0 saturated carbocycles. The van der Waals surface area contributed by atoms with E-state index in [-0.39, 0.29) is 16.6 Å². The molecule has 2 aromatic carbocycles. The van der Waals surface area contributed by atoms with Crippen LogP contribution in [0.25, 0.3) is 11.4 Å². The van der Waals surface area contributed by atoms with Gasteiger partial charge >= 0.3 is 0 Å². The first-order chi connectivity index (χ1) is 15.9. The Morgan fingerprint density at radius 3 is 2.55 bits per heavy atom. The number of benzene rings is 2. The van der Waals surface area contributed by atoms with Gasteiger partial charge in [-0.25, -0.2) is 8.42 Å². The summed E-state index contributed by atoms with van der Waals surface area (Å²) < 4.78 is 34.0. The standard InChI is InChI=1S/C22H25N5O4S2/c1-26-21(16-8-10-18(31-2)11-9-16)24-25-22(26)32-15-20(28)23-17-6-5-7-19(14-17)33(29,30)27-12-3-4-13-27/h5-11,14H,3-4,12-13,15H2,1-2H3,(H,23,28). The average molecular weight is 488 g/mol. The zero-order valence-corrected chi connectivity index (χ0v) is 20.0. The molecule has 33 heavy (non-hydrogen) atoms. The van der Waals surface area contributed by atoms with Crippen molar-refractivity contribution >= 4 is 33.4 Å². The quantitative estimate of drug-likeness (QED) is 0.487. The molecule has 0 bridgehead atoms. The number of ether oxygens (including phenoxy) is 1. The van der Waals surface area contributed by atoms with Gasteiger partial charge in [-0.05, 0) is 55.3 Å². The van der Waals surface area contributed by atoms with E-state index < -0.39 is 10.0 Å². The molecule has 1 amide bonds. The summed E-state index contributed by atoms with van der Waals surface area (Å²) in [5, 5.41) is 11.8. The van der Waals surface area contributed by atoms with E-state index in [0.29, 0.717) is 29.8 Å². The molecular weight excluding hydrogens is 462 g/mol. The number of carbonyl (C=O) groups excluding carboxylic acids is 1. The zero-order chi connectivity index (χ0) is 23.4. The summed E-state index contributed by atoms with van der Waals surface area (Å²) in [4.78, 5) is 12.7. The van der Waals surface area contributed by atoms with Crippen LogP contribution >= 0.6 is 11.8 Å².